The lowest BCUT2D eigenvalue weighted by atomic mass is 10.1. The second-order valence-electron chi connectivity index (χ2n) is 5.25. The first-order valence-electron chi connectivity index (χ1n) is 7.44. The van der Waals surface area contributed by atoms with E-state index in [2.05, 4.69) is 22.3 Å². The normalized spacial score (nSPS) is 16.5. The number of likely N-dealkylation sites (tertiary alicyclic amines) is 1. The molecule has 1 aliphatic heterocycles. The smallest absolute Gasteiger partial charge is 0.118 e. The number of rotatable bonds is 7. The fourth-order valence-corrected chi connectivity index (χ4v) is 2.57. The molecule has 1 heterocycles. The van der Waals surface area contributed by atoms with Crippen LogP contribution in [0.5, 0.6) is 5.75 Å². The predicted molar refractivity (Wildman–Crippen MR) is 79.9 cm³/mol. The van der Waals surface area contributed by atoms with Crippen molar-refractivity contribution in [2.45, 2.75) is 25.7 Å². The molecule has 1 fully saturated rings. The highest BCUT2D eigenvalue weighted by Gasteiger charge is 2.08. The van der Waals surface area contributed by atoms with Crippen molar-refractivity contribution in [2.24, 2.45) is 0 Å². The number of piperidine rings is 1. The summed E-state index contributed by atoms with van der Waals surface area (Å²) in [6, 6.07) is 8.35. The maximum absolute atomic E-state index is 5.16. The van der Waals surface area contributed by atoms with E-state index >= 15 is 0 Å². The SMILES string of the molecule is COc1ccc(CCNCCN2CCCCC2)cc1. The minimum atomic E-state index is 0.932. The molecule has 1 N–H and O–H groups in total. The zero-order valence-corrected chi connectivity index (χ0v) is 12.0. The Kier molecular flexibility index (Phi) is 6.18. The maximum Gasteiger partial charge on any atom is 0.118 e. The van der Waals surface area contributed by atoms with Gasteiger partial charge in [-0.2, -0.15) is 0 Å². The third-order valence-corrected chi connectivity index (χ3v) is 3.80. The minimum Gasteiger partial charge on any atom is -0.497 e. The standard InChI is InChI=1S/C16H26N2O/c1-19-16-7-5-15(6-8-16)9-10-17-11-14-18-12-3-2-4-13-18/h5-8,17H,2-4,9-14H2,1H3. The van der Waals surface area contributed by atoms with E-state index in [1.165, 1.54) is 44.5 Å². The summed E-state index contributed by atoms with van der Waals surface area (Å²) >= 11 is 0. The van der Waals surface area contributed by atoms with E-state index in [1.54, 1.807) is 7.11 Å². The molecule has 0 saturated carbocycles. The molecule has 3 nitrogen and oxygen atoms in total. The molecule has 0 atom stereocenters. The number of nitrogens with zero attached hydrogens (tertiary/aromatic N) is 1. The summed E-state index contributed by atoms with van der Waals surface area (Å²) in [6.45, 7) is 5.94. The largest absolute Gasteiger partial charge is 0.497 e. The Morgan fingerprint density at radius 3 is 2.47 bits per heavy atom. The van der Waals surface area contributed by atoms with E-state index in [0.717, 1.165) is 25.3 Å². The van der Waals surface area contributed by atoms with E-state index in [-0.39, 0.29) is 0 Å². The van der Waals surface area contributed by atoms with E-state index < -0.39 is 0 Å². The lowest BCUT2D eigenvalue weighted by Crippen LogP contribution is -2.36. The van der Waals surface area contributed by atoms with Crippen molar-refractivity contribution in [2.75, 3.05) is 39.8 Å². The second kappa shape index (κ2) is 8.18. The van der Waals surface area contributed by atoms with E-state index in [1.807, 2.05) is 12.1 Å². The molecule has 1 aromatic carbocycles. The topological polar surface area (TPSA) is 24.5 Å². The van der Waals surface area contributed by atoms with Gasteiger partial charge in [-0.3, -0.25) is 0 Å². The molecule has 2 rings (SSSR count). The molecule has 0 aliphatic carbocycles. The Morgan fingerprint density at radius 1 is 1.05 bits per heavy atom. The van der Waals surface area contributed by atoms with Crippen LogP contribution in [0.2, 0.25) is 0 Å². The minimum absolute atomic E-state index is 0.932. The number of hydrogen-bond acceptors (Lipinski definition) is 3. The molecule has 0 amide bonds. The first-order valence-corrected chi connectivity index (χ1v) is 7.44. The fourth-order valence-electron chi connectivity index (χ4n) is 2.57. The van der Waals surface area contributed by atoms with Gasteiger partial charge in [0.25, 0.3) is 0 Å². The van der Waals surface area contributed by atoms with Gasteiger partial charge in [0.15, 0.2) is 0 Å². The molecular weight excluding hydrogens is 236 g/mol. The Morgan fingerprint density at radius 2 is 1.79 bits per heavy atom. The van der Waals surface area contributed by atoms with Gasteiger partial charge in [0, 0.05) is 13.1 Å². The molecular formula is C16H26N2O. The fraction of sp³-hybridized carbons (Fsp3) is 0.625. The lowest BCUT2D eigenvalue weighted by molar-refractivity contribution is 0.229. The summed E-state index contributed by atoms with van der Waals surface area (Å²) in [4.78, 5) is 2.57. The van der Waals surface area contributed by atoms with Gasteiger partial charge in [-0.25, -0.2) is 0 Å². The molecule has 0 aromatic heterocycles. The predicted octanol–water partition coefficient (Wildman–Crippen LogP) is 2.31. The highest BCUT2D eigenvalue weighted by atomic mass is 16.5. The number of methoxy groups -OCH3 is 1. The molecule has 19 heavy (non-hydrogen) atoms. The zero-order valence-electron chi connectivity index (χ0n) is 12.0. The van der Waals surface area contributed by atoms with Crippen LogP contribution < -0.4 is 10.1 Å². The third kappa shape index (κ3) is 5.21. The monoisotopic (exact) mass is 262 g/mol. The van der Waals surface area contributed by atoms with Crippen LogP contribution in [0.1, 0.15) is 24.8 Å². The van der Waals surface area contributed by atoms with Crippen LogP contribution in [-0.2, 0) is 6.42 Å². The number of hydrogen-bond donors (Lipinski definition) is 1. The zero-order chi connectivity index (χ0) is 13.3. The molecule has 1 aliphatic rings. The van der Waals surface area contributed by atoms with Crippen LogP contribution in [0.25, 0.3) is 0 Å². The first kappa shape index (κ1) is 14.4. The molecule has 0 radical (unpaired) electrons. The van der Waals surface area contributed by atoms with Crippen LogP contribution in [-0.4, -0.2) is 44.7 Å². The number of ether oxygens (including phenoxy) is 1. The number of nitrogens with one attached hydrogen (secondary N) is 1. The van der Waals surface area contributed by atoms with Gasteiger partial charge < -0.3 is 15.0 Å². The maximum atomic E-state index is 5.16. The van der Waals surface area contributed by atoms with Crippen molar-refractivity contribution >= 4 is 0 Å². The average Bonchev–Trinajstić information content (AvgIpc) is 2.49. The Hall–Kier alpha value is -1.06. The van der Waals surface area contributed by atoms with Crippen molar-refractivity contribution in [3.63, 3.8) is 0 Å². The van der Waals surface area contributed by atoms with Crippen molar-refractivity contribution in [1.29, 1.82) is 0 Å². The molecule has 3 heteroatoms. The van der Waals surface area contributed by atoms with Gasteiger partial charge in [0.05, 0.1) is 7.11 Å². The van der Waals surface area contributed by atoms with Gasteiger partial charge in [0.1, 0.15) is 5.75 Å². The third-order valence-electron chi connectivity index (χ3n) is 3.80. The highest BCUT2D eigenvalue weighted by molar-refractivity contribution is 5.27. The lowest BCUT2D eigenvalue weighted by Gasteiger charge is -2.26. The molecule has 0 bridgehead atoms. The quantitative estimate of drug-likeness (QED) is 0.763. The summed E-state index contributed by atoms with van der Waals surface area (Å²) in [6.07, 6.45) is 5.27. The molecule has 0 spiro atoms. The summed E-state index contributed by atoms with van der Waals surface area (Å²) in [5.41, 5.74) is 1.37. The van der Waals surface area contributed by atoms with Crippen molar-refractivity contribution < 1.29 is 4.74 Å². The summed E-state index contributed by atoms with van der Waals surface area (Å²) in [5.74, 6) is 0.932. The van der Waals surface area contributed by atoms with Crippen LogP contribution in [0.3, 0.4) is 0 Å². The molecule has 1 aromatic rings. The molecule has 106 valence electrons. The summed E-state index contributed by atoms with van der Waals surface area (Å²) < 4.78 is 5.16. The number of benzene rings is 1. The van der Waals surface area contributed by atoms with E-state index in [9.17, 15) is 0 Å². The van der Waals surface area contributed by atoms with Crippen molar-refractivity contribution in [3.8, 4) is 5.75 Å². The van der Waals surface area contributed by atoms with Gasteiger partial charge in [-0.05, 0) is 56.6 Å². The highest BCUT2D eigenvalue weighted by Crippen LogP contribution is 2.11. The molecule has 1 saturated heterocycles. The Balaban J connectivity index is 1.55. The average molecular weight is 262 g/mol. The van der Waals surface area contributed by atoms with Crippen molar-refractivity contribution in [3.05, 3.63) is 29.8 Å². The Labute approximate surface area is 116 Å². The van der Waals surface area contributed by atoms with Crippen LogP contribution >= 0.6 is 0 Å². The first-order chi connectivity index (χ1) is 9.38. The van der Waals surface area contributed by atoms with Gasteiger partial charge in [-0.15, -0.1) is 0 Å². The summed E-state index contributed by atoms with van der Waals surface area (Å²) in [5, 5.41) is 3.54. The van der Waals surface area contributed by atoms with Crippen LogP contribution in [0.4, 0.5) is 0 Å². The van der Waals surface area contributed by atoms with E-state index in [0.29, 0.717) is 0 Å². The second-order valence-corrected chi connectivity index (χ2v) is 5.25. The Bertz CT molecular complexity index is 344. The van der Waals surface area contributed by atoms with Crippen LogP contribution in [0.15, 0.2) is 24.3 Å². The van der Waals surface area contributed by atoms with E-state index in [4.69, 9.17) is 4.74 Å². The van der Waals surface area contributed by atoms with Crippen LogP contribution in [0, 0.1) is 0 Å². The molecule has 0 unspecified atom stereocenters. The van der Waals surface area contributed by atoms with Gasteiger partial charge >= 0.3 is 0 Å². The van der Waals surface area contributed by atoms with Gasteiger partial charge in [-0.1, -0.05) is 18.6 Å². The van der Waals surface area contributed by atoms with Gasteiger partial charge in [0.2, 0.25) is 0 Å². The summed E-state index contributed by atoms with van der Waals surface area (Å²) in [7, 11) is 1.71. The van der Waals surface area contributed by atoms with Crippen molar-refractivity contribution in [1.82, 2.24) is 10.2 Å².